The second kappa shape index (κ2) is 5.61. The molecule has 0 bridgehead atoms. The quantitative estimate of drug-likeness (QED) is 0.787. The zero-order chi connectivity index (χ0) is 13.1. The molecule has 1 atom stereocenters. The molecule has 3 heteroatoms. The molecule has 0 amide bonds. The third-order valence-corrected chi connectivity index (χ3v) is 3.93. The van der Waals surface area contributed by atoms with Gasteiger partial charge in [-0.2, -0.15) is 0 Å². The van der Waals surface area contributed by atoms with E-state index in [1.807, 2.05) is 6.92 Å². The highest BCUT2D eigenvalue weighted by atomic mass is 16.5. The lowest BCUT2D eigenvalue weighted by molar-refractivity contribution is 0.202. The molecule has 0 aliphatic heterocycles. The number of nitrogen functional groups attached to an aromatic ring is 1. The van der Waals surface area contributed by atoms with Crippen molar-refractivity contribution in [2.24, 2.45) is 5.92 Å². The van der Waals surface area contributed by atoms with Crippen LogP contribution in [0.1, 0.15) is 25.3 Å². The van der Waals surface area contributed by atoms with Gasteiger partial charge in [-0.1, -0.05) is 6.07 Å². The van der Waals surface area contributed by atoms with Crippen molar-refractivity contribution < 1.29 is 4.74 Å². The Kier molecular flexibility index (Phi) is 4.12. The summed E-state index contributed by atoms with van der Waals surface area (Å²) in [4.78, 5) is 2.43. The molecule has 3 nitrogen and oxygen atoms in total. The number of anilines is 2. The molecule has 0 spiro atoms. The van der Waals surface area contributed by atoms with Crippen molar-refractivity contribution in [2.45, 2.75) is 32.7 Å². The summed E-state index contributed by atoms with van der Waals surface area (Å²) < 4.78 is 5.23. The van der Waals surface area contributed by atoms with Crippen LogP contribution in [0.15, 0.2) is 18.2 Å². The average Bonchev–Trinajstić information content (AvgIpc) is 3.18. The zero-order valence-electron chi connectivity index (χ0n) is 11.6. The maximum atomic E-state index is 6.02. The van der Waals surface area contributed by atoms with Crippen LogP contribution in [0.4, 0.5) is 11.4 Å². The molecule has 18 heavy (non-hydrogen) atoms. The van der Waals surface area contributed by atoms with Crippen molar-refractivity contribution in [3.8, 4) is 0 Å². The Morgan fingerprint density at radius 2 is 2.17 bits per heavy atom. The van der Waals surface area contributed by atoms with Gasteiger partial charge in [0.1, 0.15) is 0 Å². The van der Waals surface area contributed by atoms with Crippen molar-refractivity contribution in [2.75, 3.05) is 30.9 Å². The van der Waals surface area contributed by atoms with Crippen LogP contribution in [0.3, 0.4) is 0 Å². The van der Waals surface area contributed by atoms with Crippen molar-refractivity contribution in [3.63, 3.8) is 0 Å². The first-order valence-corrected chi connectivity index (χ1v) is 6.75. The number of rotatable bonds is 6. The minimum Gasteiger partial charge on any atom is -0.398 e. The number of ether oxygens (including phenoxy) is 1. The molecular formula is C15H24N2O. The van der Waals surface area contributed by atoms with Crippen molar-refractivity contribution in [3.05, 3.63) is 23.8 Å². The summed E-state index contributed by atoms with van der Waals surface area (Å²) in [5, 5.41) is 0. The van der Waals surface area contributed by atoms with Gasteiger partial charge < -0.3 is 15.4 Å². The summed E-state index contributed by atoms with van der Waals surface area (Å²) in [5.74, 6) is 0.837. The Hall–Kier alpha value is -1.22. The Morgan fingerprint density at radius 1 is 1.44 bits per heavy atom. The molecule has 1 unspecified atom stereocenters. The van der Waals surface area contributed by atoms with Gasteiger partial charge in [-0.15, -0.1) is 0 Å². The minimum atomic E-state index is 0.572. The Balaban J connectivity index is 2.17. The van der Waals surface area contributed by atoms with E-state index in [0.717, 1.165) is 30.3 Å². The van der Waals surface area contributed by atoms with Crippen molar-refractivity contribution >= 4 is 11.4 Å². The van der Waals surface area contributed by atoms with Crippen molar-refractivity contribution in [1.82, 2.24) is 0 Å². The summed E-state index contributed by atoms with van der Waals surface area (Å²) >= 11 is 0. The molecule has 0 aromatic heterocycles. The van der Waals surface area contributed by atoms with Gasteiger partial charge in [-0.3, -0.25) is 0 Å². The van der Waals surface area contributed by atoms with E-state index in [1.165, 1.54) is 18.5 Å². The highest BCUT2D eigenvalue weighted by Crippen LogP contribution is 2.37. The van der Waals surface area contributed by atoms with Gasteiger partial charge in [0.15, 0.2) is 0 Å². The van der Waals surface area contributed by atoms with E-state index < -0.39 is 0 Å². The molecule has 1 fully saturated rings. The highest BCUT2D eigenvalue weighted by Gasteiger charge is 2.32. The van der Waals surface area contributed by atoms with Gasteiger partial charge >= 0.3 is 0 Å². The summed E-state index contributed by atoms with van der Waals surface area (Å²) in [6.45, 7) is 6.04. The molecule has 1 aliphatic carbocycles. The van der Waals surface area contributed by atoms with E-state index in [2.05, 4.69) is 30.0 Å². The van der Waals surface area contributed by atoms with Crippen LogP contribution >= 0.6 is 0 Å². The maximum Gasteiger partial charge on any atom is 0.0637 e. The minimum absolute atomic E-state index is 0.572. The molecule has 2 N–H and O–H groups in total. The van der Waals surface area contributed by atoms with Gasteiger partial charge in [-0.25, -0.2) is 0 Å². The van der Waals surface area contributed by atoms with Crippen LogP contribution in [0.2, 0.25) is 0 Å². The monoisotopic (exact) mass is 248 g/mol. The average molecular weight is 248 g/mol. The second-order valence-corrected chi connectivity index (χ2v) is 5.31. The molecule has 1 aliphatic rings. The highest BCUT2D eigenvalue weighted by molar-refractivity contribution is 5.60. The van der Waals surface area contributed by atoms with E-state index in [1.54, 1.807) is 7.11 Å². The van der Waals surface area contributed by atoms with Gasteiger partial charge in [0, 0.05) is 31.1 Å². The van der Waals surface area contributed by atoms with Crippen molar-refractivity contribution in [1.29, 1.82) is 0 Å². The fourth-order valence-electron chi connectivity index (χ4n) is 2.40. The number of nitrogens with zero attached hydrogens (tertiary/aromatic N) is 1. The molecular weight excluding hydrogens is 224 g/mol. The molecule has 2 rings (SSSR count). The fraction of sp³-hybridized carbons (Fsp3) is 0.600. The maximum absolute atomic E-state index is 6.02. The summed E-state index contributed by atoms with van der Waals surface area (Å²) in [7, 11) is 1.75. The van der Waals surface area contributed by atoms with Crippen LogP contribution < -0.4 is 10.6 Å². The van der Waals surface area contributed by atoms with Gasteiger partial charge in [0.2, 0.25) is 0 Å². The van der Waals surface area contributed by atoms with Gasteiger partial charge in [0.25, 0.3) is 0 Å². The van der Waals surface area contributed by atoms with Crippen LogP contribution in [-0.2, 0) is 4.74 Å². The van der Waals surface area contributed by atoms with Crippen LogP contribution in [-0.4, -0.2) is 26.3 Å². The zero-order valence-corrected chi connectivity index (χ0v) is 11.6. The molecule has 1 aromatic carbocycles. The SMILES string of the molecule is COCCN(c1ccc(C)c(N)c1)C(C)C1CC1. The topological polar surface area (TPSA) is 38.5 Å². The molecule has 0 radical (unpaired) electrons. The number of aryl methyl sites for hydroxylation is 1. The predicted molar refractivity (Wildman–Crippen MR) is 77.0 cm³/mol. The van der Waals surface area contributed by atoms with Crippen LogP contribution in [0, 0.1) is 12.8 Å². The summed E-state index contributed by atoms with van der Waals surface area (Å²) in [6.07, 6.45) is 2.71. The molecule has 0 heterocycles. The van der Waals surface area contributed by atoms with E-state index >= 15 is 0 Å². The number of methoxy groups -OCH3 is 1. The Labute approximate surface area is 110 Å². The van der Waals surface area contributed by atoms with E-state index in [0.29, 0.717) is 6.04 Å². The Bertz CT molecular complexity index is 401. The number of hydrogen-bond acceptors (Lipinski definition) is 3. The van der Waals surface area contributed by atoms with Gasteiger partial charge in [-0.05, 0) is 50.3 Å². The normalized spacial score (nSPS) is 16.6. The van der Waals surface area contributed by atoms with E-state index in [9.17, 15) is 0 Å². The standard InChI is InChI=1S/C15H24N2O/c1-11-4-7-14(10-15(11)16)17(8-9-18-3)12(2)13-5-6-13/h4,7,10,12-13H,5-6,8-9,16H2,1-3H3. The Morgan fingerprint density at radius 3 is 2.72 bits per heavy atom. The third kappa shape index (κ3) is 2.96. The number of benzene rings is 1. The first-order valence-electron chi connectivity index (χ1n) is 6.75. The molecule has 100 valence electrons. The smallest absolute Gasteiger partial charge is 0.0637 e. The summed E-state index contributed by atoms with van der Waals surface area (Å²) in [5.41, 5.74) is 9.25. The lowest BCUT2D eigenvalue weighted by atomic mass is 10.1. The molecule has 1 saturated carbocycles. The first kappa shape index (κ1) is 13.2. The number of hydrogen-bond donors (Lipinski definition) is 1. The largest absolute Gasteiger partial charge is 0.398 e. The fourth-order valence-corrected chi connectivity index (χ4v) is 2.40. The van der Waals surface area contributed by atoms with Gasteiger partial charge in [0.05, 0.1) is 6.61 Å². The lowest BCUT2D eigenvalue weighted by Gasteiger charge is -2.31. The second-order valence-electron chi connectivity index (χ2n) is 5.31. The number of nitrogens with two attached hydrogens (primary N) is 1. The lowest BCUT2D eigenvalue weighted by Crippen LogP contribution is -2.37. The summed E-state index contributed by atoms with van der Waals surface area (Å²) in [6, 6.07) is 6.93. The molecule has 1 aromatic rings. The van der Waals surface area contributed by atoms with Crippen LogP contribution in [0.5, 0.6) is 0 Å². The third-order valence-electron chi connectivity index (χ3n) is 3.93. The molecule has 0 saturated heterocycles. The predicted octanol–water partition coefficient (Wildman–Crippen LogP) is 2.83. The van der Waals surface area contributed by atoms with Crippen LogP contribution in [0.25, 0.3) is 0 Å². The van der Waals surface area contributed by atoms with E-state index in [-0.39, 0.29) is 0 Å². The first-order chi connectivity index (χ1) is 8.63. The van der Waals surface area contributed by atoms with E-state index in [4.69, 9.17) is 10.5 Å².